The van der Waals surface area contributed by atoms with E-state index in [9.17, 15) is 13.6 Å². The molecule has 2 aromatic carbocycles. The molecule has 0 bridgehead atoms. The van der Waals surface area contributed by atoms with Crippen molar-refractivity contribution in [1.29, 1.82) is 0 Å². The van der Waals surface area contributed by atoms with Gasteiger partial charge in [0, 0.05) is 12.6 Å². The van der Waals surface area contributed by atoms with Crippen molar-refractivity contribution in [3.63, 3.8) is 0 Å². The number of likely N-dealkylation sites (N-methyl/N-ethyl adjacent to an activating group) is 1. The maximum atomic E-state index is 13.3. The van der Waals surface area contributed by atoms with Gasteiger partial charge >= 0.3 is 0 Å². The number of nitrogens with zero attached hydrogens (tertiary/aromatic N) is 1. The fourth-order valence-corrected chi connectivity index (χ4v) is 2.75. The number of benzene rings is 2. The van der Waals surface area contributed by atoms with Crippen molar-refractivity contribution in [3.8, 4) is 0 Å². The number of amides is 1. The summed E-state index contributed by atoms with van der Waals surface area (Å²) in [7, 11) is 0. The molecule has 2 aromatic rings. The summed E-state index contributed by atoms with van der Waals surface area (Å²) in [5, 5.41) is 2.79. The van der Waals surface area contributed by atoms with Gasteiger partial charge in [-0.05, 0) is 36.3 Å². The largest absolute Gasteiger partial charge is 0.350 e. The Kier molecular flexibility index (Phi) is 6.44. The Morgan fingerprint density at radius 3 is 2.17 bits per heavy atom. The third-order valence-electron chi connectivity index (χ3n) is 3.93. The van der Waals surface area contributed by atoms with Gasteiger partial charge in [-0.1, -0.05) is 44.2 Å². The van der Waals surface area contributed by atoms with Gasteiger partial charge in [-0.15, -0.1) is 0 Å². The van der Waals surface area contributed by atoms with Gasteiger partial charge in [0.1, 0.15) is 17.7 Å². The van der Waals surface area contributed by atoms with Gasteiger partial charge in [-0.3, -0.25) is 9.69 Å². The van der Waals surface area contributed by atoms with Gasteiger partial charge in [0.05, 0.1) is 0 Å². The number of hydrogen-bond acceptors (Lipinski definition) is 2. The minimum atomic E-state index is -0.650. The van der Waals surface area contributed by atoms with Crippen molar-refractivity contribution < 1.29 is 13.6 Å². The first-order valence-electron chi connectivity index (χ1n) is 8.06. The molecule has 0 fully saturated rings. The molecule has 0 aliphatic carbocycles. The van der Waals surface area contributed by atoms with Crippen LogP contribution in [-0.2, 0) is 11.3 Å². The Morgan fingerprint density at radius 1 is 1.04 bits per heavy atom. The van der Waals surface area contributed by atoms with E-state index in [1.165, 1.54) is 12.1 Å². The fourth-order valence-electron chi connectivity index (χ4n) is 2.75. The smallest absolute Gasteiger partial charge is 0.242 e. The Bertz CT molecular complexity index is 652. The molecule has 1 atom stereocenters. The van der Waals surface area contributed by atoms with Crippen LogP contribution < -0.4 is 5.32 Å². The molecule has 3 nitrogen and oxygen atoms in total. The van der Waals surface area contributed by atoms with Crippen LogP contribution in [0.15, 0.2) is 48.5 Å². The van der Waals surface area contributed by atoms with Gasteiger partial charge < -0.3 is 5.32 Å². The predicted molar refractivity (Wildman–Crippen MR) is 90.3 cm³/mol. The number of nitrogens with one attached hydrogen (secondary N) is 1. The molecule has 1 N–H and O–H groups in total. The molecule has 0 aliphatic heterocycles. The maximum Gasteiger partial charge on any atom is 0.242 e. The predicted octanol–water partition coefficient (Wildman–Crippen LogP) is 3.66. The topological polar surface area (TPSA) is 32.3 Å². The molecular formula is C19H22F2N2O. The highest BCUT2D eigenvalue weighted by molar-refractivity contribution is 5.83. The zero-order chi connectivity index (χ0) is 17.5. The van der Waals surface area contributed by atoms with Crippen LogP contribution in [-0.4, -0.2) is 23.9 Å². The first-order valence-corrected chi connectivity index (χ1v) is 8.06. The first-order chi connectivity index (χ1) is 11.5. The van der Waals surface area contributed by atoms with Crippen molar-refractivity contribution in [3.05, 3.63) is 71.3 Å². The standard InChI is InChI=1S/C19H22F2N2O/c1-3-23(4-2)18(15-8-6-5-7-9-15)19(24)22-13-14-10-16(20)12-17(21)11-14/h5-12,18H,3-4,13H2,1-2H3,(H,22,24). The second-order valence-electron chi connectivity index (χ2n) is 5.53. The van der Waals surface area contributed by atoms with E-state index in [0.717, 1.165) is 24.7 Å². The van der Waals surface area contributed by atoms with Crippen LogP contribution in [0.25, 0.3) is 0 Å². The monoisotopic (exact) mass is 332 g/mol. The van der Waals surface area contributed by atoms with E-state index in [1.807, 2.05) is 49.1 Å². The summed E-state index contributed by atoms with van der Waals surface area (Å²) in [4.78, 5) is 14.7. The van der Waals surface area contributed by atoms with E-state index in [4.69, 9.17) is 0 Å². The van der Waals surface area contributed by atoms with Crippen LogP contribution in [0, 0.1) is 11.6 Å². The molecule has 2 rings (SSSR count). The van der Waals surface area contributed by atoms with Gasteiger partial charge in [0.25, 0.3) is 0 Å². The zero-order valence-electron chi connectivity index (χ0n) is 13.9. The van der Waals surface area contributed by atoms with E-state index in [1.54, 1.807) is 0 Å². The second-order valence-corrected chi connectivity index (χ2v) is 5.53. The van der Waals surface area contributed by atoms with E-state index < -0.39 is 17.7 Å². The summed E-state index contributed by atoms with van der Waals surface area (Å²) in [6, 6.07) is 12.3. The van der Waals surface area contributed by atoms with Crippen LogP contribution >= 0.6 is 0 Å². The Hall–Kier alpha value is -2.27. The van der Waals surface area contributed by atoms with E-state index in [2.05, 4.69) is 5.32 Å². The van der Waals surface area contributed by atoms with Crippen LogP contribution in [0.1, 0.15) is 31.0 Å². The van der Waals surface area contributed by atoms with E-state index in [0.29, 0.717) is 5.56 Å². The number of carbonyl (C=O) groups is 1. The molecule has 1 unspecified atom stereocenters. The lowest BCUT2D eigenvalue weighted by molar-refractivity contribution is -0.126. The number of carbonyl (C=O) groups excluding carboxylic acids is 1. The third kappa shape index (κ3) is 4.61. The highest BCUT2D eigenvalue weighted by atomic mass is 19.1. The quantitative estimate of drug-likeness (QED) is 0.839. The third-order valence-corrected chi connectivity index (χ3v) is 3.93. The highest BCUT2D eigenvalue weighted by Gasteiger charge is 2.25. The number of halogens is 2. The molecule has 1 amide bonds. The normalized spacial score (nSPS) is 12.2. The van der Waals surface area contributed by atoms with Crippen molar-refractivity contribution in [1.82, 2.24) is 10.2 Å². The molecule has 0 saturated carbocycles. The molecule has 0 aliphatic rings. The lowest BCUT2D eigenvalue weighted by Gasteiger charge is -2.29. The molecule has 0 spiro atoms. The summed E-state index contributed by atoms with van der Waals surface area (Å²) in [6.07, 6.45) is 0. The van der Waals surface area contributed by atoms with Crippen LogP contribution in [0.3, 0.4) is 0 Å². The Morgan fingerprint density at radius 2 is 1.62 bits per heavy atom. The molecule has 0 saturated heterocycles. The van der Waals surface area contributed by atoms with Gasteiger partial charge in [0.15, 0.2) is 0 Å². The van der Waals surface area contributed by atoms with Gasteiger partial charge in [-0.25, -0.2) is 8.78 Å². The molecule has 5 heteroatoms. The molecule has 0 aromatic heterocycles. The lowest BCUT2D eigenvalue weighted by Crippen LogP contribution is -2.40. The Balaban J connectivity index is 2.15. The summed E-state index contributed by atoms with van der Waals surface area (Å²) in [5.74, 6) is -1.49. The van der Waals surface area contributed by atoms with Gasteiger partial charge in [0.2, 0.25) is 5.91 Å². The first kappa shape index (κ1) is 18.1. The van der Waals surface area contributed by atoms with Crippen molar-refractivity contribution >= 4 is 5.91 Å². The number of rotatable bonds is 7. The minimum absolute atomic E-state index is 0.0815. The Labute approximate surface area is 141 Å². The molecule has 0 heterocycles. The average Bonchev–Trinajstić information content (AvgIpc) is 2.57. The van der Waals surface area contributed by atoms with Crippen LogP contribution in [0.2, 0.25) is 0 Å². The van der Waals surface area contributed by atoms with Gasteiger partial charge in [-0.2, -0.15) is 0 Å². The van der Waals surface area contributed by atoms with E-state index >= 15 is 0 Å². The van der Waals surface area contributed by atoms with E-state index in [-0.39, 0.29) is 12.5 Å². The lowest BCUT2D eigenvalue weighted by atomic mass is 10.0. The summed E-state index contributed by atoms with van der Waals surface area (Å²) in [6.45, 7) is 5.51. The van der Waals surface area contributed by atoms with Crippen molar-refractivity contribution in [2.24, 2.45) is 0 Å². The molecule has 128 valence electrons. The molecule has 0 radical (unpaired) electrons. The summed E-state index contributed by atoms with van der Waals surface area (Å²) in [5.41, 5.74) is 1.29. The summed E-state index contributed by atoms with van der Waals surface area (Å²) < 4.78 is 26.5. The highest BCUT2D eigenvalue weighted by Crippen LogP contribution is 2.21. The van der Waals surface area contributed by atoms with Crippen LogP contribution in [0.4, 0.5) is 8.78 Å². The summed E-state index contributed by atoms with van der Waals surface area (Å²) >= 11 is 0. The fraction of sp³-hybridized carbons (Fsp3) is 0.316. The average molecular weight is 332 g/mol. The molecule has 24 heavy (non-hydrogen) atoms. The van der Waals surface area contributed by atoms with Crippen LogP contribution in [0.5, 0.6) is 0 Å². The minimum Gasteiger partial charge on any atom is -0.350 e. The zero-order valence-corrected chi connectivity index (χ0v) is 13.9. The van der Waals surface area contributed by atoms with Crippen molar-refractivity contribution in [2.75, 3.05) is 13.1 Å². The second kappa shape index (κ2) is 8.55. The molecular weight excluding hydrogens is 310 g/mol. The van der Waals surface area contributed by atoms with Crippen molar-refractivity contribution in [2.45, 2.75) is 26.4 Å². The SMILES string of the molecule is CCN(CC)C(C(=O)NCc1cc(F)cc(F)c1)c1ccccc1. The number of hydrogen-bond donors (Lipinski definition) is 1. The maximum absolute atomic E-state index is 13.3.